The van der Waals surface area contributed by atoms with Crippen LogP contribution in [-0.2, 0) is 10.0 Å². The summed E-state index contributed by atoms with van der Waals surface area (Å²) in [4.78, 5) is 12.8. The van der Waals surface area contributed by atoms with Crippen molar-refractivity contribution in [1.29, 1.82) is 0 Å². The summed E-state index contributed by atoms with van der Waals surface area (Å²) >= 11 is 0. The first-order chi connectivity index (χ1) is 13.9. The molecule has 2 fully saturated rings. The van der Waals surface area contributed by atoms with Gasteiger partial charge in [-0.05, 0) is 86.1 Å². The van der Waals surface area contributed by atoms with Gasteiger partial charge in [-0.1, -0.05) is 6.42 Å². The third-order valence-corrected chi connectivity index (χ3v) is 7.54. The highest BCUT2D eigenvalue weighted by atomic mass is 32.2. The Morgan fingerprint density at radius 3 is 2.41 bits per heavy atom. The van der Waals surface area contributed by atoms with Gasteiger partial charge in [-0.25, -0.2) is 8.42 Å². The largest absolute Gasteiger partial charge is 0.497 e. The Hall–Kier alpha value is -2.54. The van der Waals surface area contributed by atoms with Crippen LogP contribution < -0.4 is 14.8 Å². The van der Waals surface area contributed by atoms with E-state index in [4.69, 9.17) is 4.74 Å². The molecule has 0 saturated heterocycles. The highest BCUT2D eigenvalue weighted by Gasteiger charge is 2.40. The van der Waals surface area contributed by atoms with E-state index in [1.54, 1.807) is 37.3 Å². The Morgan fingerprint density at radius 1 is 1.07 bits per heavy atom. The molecule has 0 spiro atoms. The predicted octanol–water partition coefficient (Wildman–Crippen LogP) is 3.72. The number of hydrogen-bond donors (Lipinski definition) is 2. The van der Waals surface area contributed by atoms with Gasteiger partial charge in [-0.3, -0.25) is 9.52 Å². The Balaban J connectivity index is 1.45. The first kappa shape index (κ1) is 19.8. The molecule has 29 heavy (non-hydrogen) atoms. The van der Waals surface area contributed by atoms with Crippen LogP contribution in [0.5, 0.6) is 5.75 Å². The van der Waals surface area contributed by atoms with E-state index in [1.807, 2.05) is 0 Å². The molecule has 2 aliphatic rings. The minimum absolute atomic E-state index is 0.0878. The number of aryl methyl sites for hydroxylation is 1. The molecule has 6 nitrogen and oxygen atoms in total. The summed E-state index contributed by atoms with van der Waals surface area (Å²) in [6, 6.07) is 11.5. The third-order valence-electron chi connectivity index (χ3n) is 6.16. The number of ether oxygens (including phenoxy) is 1. The molecule has 7 heteroatoms. The Labute approximate surface area is 171 Å². The molecule has 2 aromatic rings. The molecular formula is C22H26N2O4S. The second kappa shape index (κ2) is 7.71. The lowest BCUT2D eigenvalue weighted by Crippen LogP contribution is -2.38. The van der Waals surface area contributed by atoms with Gasteiger partial charge in [0.2, 0.25) is 0 Å². The van der Waals surface area contributed by atoms with Gasteiger partial charge < -0.3 is 10.1 Å². The first-order valence-electron chi connectivity index (χ1n) is 9.94. The van der Waals surface area contributed by atoms with Crippen molar-refractivity contribution in [1.82, 2.24) is 5.32 Å². The maximum atomic E-state index is 12.6. The van der Waals surface area contributed by atoms with Crippen LogP contribution in [0.25, 0.3) is 0 Å². The second-order valence-corrected chi connectivity index (χ2v) is 9.75. The van der Waals surface area contributed by atoms with Crippen molar-refractivity contribution in [3.05, 3.63) is 53.6 Å². The Morgan fingerprint density at radius 2 is 1.83 bits per heavy atom. The minimum Gasteiger partial charge on any atom is -0.497 e. The topological polar surface area (TPSA) is 84.5 Å². The van der Waals surface area contributed by atoms with E-state index in [9.17, 15) is 13.2 Å². The molecule has 1 amide bonds. The highest BCUT2D eigenvalue weighted by molar-refractivity contribution is 7.92. The van der Waals surface area contributed by atoms with Crippen molar-refractivity contribution in [2.24, 2.45) is 11.8 Å². The molecule has 0 aromatic heterocycles. The van der Waals surface area contributed by atoms with E-state index >= 15 is 0 Å². The molecule has 0 radical (unpaired) electrons. The van der Waals surface area contributed by atoms with E-state index in [2.05, 4.69) is 10.0 Å². The minimum atomic E-state index is -3.72. The lowest BCUT2D eigenvalue weighted by atomic mass is 9.95. The molecule has 2 saturated carbocycles. The van der Waals surface area contributed by atoms with Gasteiger partial charge in [-0.15, -0.1) is 0 Å². The summed E-state index contributed by atoms with van der Waals surface area (Å²) < 4.78 is 33.0. The van der Waals surface area contributed by atoms with E-state index in [1.165, 1.54) is 38.5 Å². The van der Waals surface area contributed by atoms with Crippen LogP contribution in [0.3, 0.4) is 0 Å². The number of fused-ring (bicyclic) bond motifs is 2. The summed E-state index contributed by atoms with van der Waals surface area (Å²) in [6.45, 7) is 1.79. The van der Waals surface area contributed by atoms with Gasteiger partial charge in [0.1, 0.15) is 5.75 Å². The molecule has 0 aliphatic heterocycles. The number of carbonyl (C=O) groups excluding carboxylic acids is 1. The summed E-state index contributed by atoms with van der Waals surface area (Å²) in [5.74, 6) is 1.88. The van der Waals surface area contributed by atoms with Gasteiger partial charge in [0.05, 0.1) is 17.7 Å². The molecule has 2 aromatic carbocycles. The number of hydrogen-bond acceptors (Lipinski definition) is 4. The molecule has 4 rings (SSSR count). The molecule has 0 heterocycles. The number of methoxy groups -OCH3 is 1. The fourth-order valence-corrected chi connectivity index (χ4v) is 5.68. The molecule has 2 bridgehead atoms. The fraction of sp³-hybridized carbons (Fsp3) is 0.409. The first-order valence-corrected chi connectivity index (χ1v) is 11.4. The van der Waals surface area contributed by atoms with Crippen molar-refractivity contribution in [2.75, 3.05) is 11.8 Å². The van der Waals surface area contributed by atoms with E-state index < -0.39 is 10.0 Å². The quantitative estimate of drug-likeness (QED) is 0.754. The van der Waals surface area contributed by atoms with Crippen LogP contribution in [-0.4, -0.2) is 27.5 Å². The van der Waals surface area contributed by atoms with Crippen molar-refractivity contribution >= 4 is 21.6 Å². The maximum Gasteiger partial charge on any atom is 0.261 e. The van der Waals surface area contributed by atoms with Crippen LogP contribution >= 0.6 is 0 Å². The summed E-state index contributed by atoms with van der Waals surface area (Å²) in [7, 11) is -2.20. The van der Waals surface area contributed by atoms with Crippen LogP contribution in [0.4, 0.5) is 5.69 Å². The standard InChI is InChI=1S/C22H26N2O4S/c1-14-11-17(22(25)23-21-13-15-3-4-16(21)12-15)5-10-20(14)24-29(26,27)19-8-6-18(28-2)7-9-19/h5-11,15-16,21,24H,3-4,12-13H2,1-2H3,(H,23,25)/t15?,16?,21-/m1/s1. The number of nitrogens with one attached hydrogen (secondary N) is 2. The Kier molecular flexibility index (Phi) is 5.25. The molecule has 3 atom stereocenters. The number of rotatable bonds is 6. The van der Waals surface area contributed by atoms with Crippen LogP contribution in [0.2, 0.25) is 0 Å². The number of amides is 1. The van der Waals surface area contributed by atoms with Gasteiger partial charge in [0.25, 0.3) is 15.9 Å². The average Bonchev–Trinajstić information content (AvgIpc) is 3.32. The van der Waals surface area contributed by atoms with Crippen molar-refractivity contribution in [3.63, 3.8) is 0 Å². The normalized spacial score (nSPS) is 23.0. The molecule has 2 unspecified atom stereocenters. The monoisotopic (exact) mass is 414 g/mol. The third kappa shape index (κ3) is 4.10. The predicted molar refractivity (Wildman–Crippen MR) is 112 cm³/mol. The van der Waals surface area contributed by atoms with Crippen molar-refractivity contribution in [3.8, 4) is 5.75 Å². The SMILES string of the molecule is COc1ccc(S(=O)(=O)Nc2ccc(C(=O)N[C@@H]3CC4CCC3C4)cc2C)cc1. The lowest BCUT2D eigenvalue weighted by Gasteiger charge is -2.23. The van der Waals surface area contributed by atoms with E-state index in [0.29, 0.717) is 28.5 Å². The summed E-state index contributed by atoms with van der Waals surface area (Å²) in [5.41, 5.74) is 1.71. The fourth-order valence-electron chi connectivity index (χ4n) is 4.55. The lowest BCUT2D eigenvalue weighted by molar-refractivity contribution is 0.0923. The summed E-state index contributed by atoms with van der Waals surface area (Å²) in [5, 5.41) is 3.17. The van der Waals surface area contributed by atoms with Gasteiger partial charge in [-0.2, -0.15) is 0 Å². The number of anilines is 1. The second-order valence-electron chi connectivity index (χ2n) is 8.07. The van der Waals surface area contributed by atoms with Crippen LogP contribution in [0, 0.1) is 18.8 Å². The molecule has 2 aliphatic carbocycles. The van der Waals surface area contributed by atoms with Crippen LogP contribution in [0.15, 0.2) is 47.4 Å². The smallest absolute Gasteiger partial charge is 0.261 e. The zero-order chi connectivity index (χ0) is 20.6. The maximum absolute atomic E-state index is 12.6. The zero-order valence-electron chi connectivity index (χ0n) is 16.6. The average molecular weight is 415 g/mol. The van der Waals surface area contributed by atoms with Gasteiger partial charge >= 0.3 is 0 Å². The highest BCUT2D eigenvalue weighted by Crippen LogP contribution is 2.44. The van der Waals surface area contributed by atoms with Gasteiger partial charge in [0, 0.05) is 11.6 Å². The molecule has 2 N–H and O–H groups in total. The molecule has 154 valence electrons. The van der Waals surface area contributed by atoms with Gasteiger partial charge in [0.15, 0.2) is 0 Å². The Bertz CT molecular complexity index is 1020. The zero-order valence-corrected chi connectivity index (χ0v) is 17.5. The number of carbonyl (C=O) groups is 1. The number of benzene rings is 2. The van der Waals surface area contributed by atoms with E-state index in [-0.39, 0.29) is 16.8 Å². The summed E-state index contributed by atoms with van der Waals surface area (Å²) in [6.07, 6.45) is 4.81. The van der Waals surface area contributed by atoms with Crippen molar-refractivity contribution < 1.29 is 17.9 Å². The molecular weight excluding hydrogens is 388 g/mol. The number of sulfonamides is 1. The van der Waals surface area contributed by atoms with Crippen molar-refractivity contribution in [2.45, 2.75) is 43.5 Å². The van der Waals surface area contributed by atoms with E-state index in [0.717, 1.165) is 12.3 Å². The van der Waals surface area contributed by atoms with Crippen LogP contribution in [0.1, 0.15) is 41.6 Å².